The van der Waals surface area contributed by atoms with Crippen molar-refractivity contribution in [2.45, 2.75) is 0 Å². The van der Waals surface area contributed by atoms with Gasteiger partial charge < -0.3 is 14.7 Å². The molecule has 0 unspecified atom stereocenters. The number of rotatable bonds is 2. The van der Waals surface area contributed by atoms with Crippen LogP contribution in [0.4, 0.5) is 4.39 Å². The molecule has 4 aromatic rings. The molecule has 6 nitrogen and oxygen atoms in total. The number of hydrogen-bond acceptors (Lipinski definition) is 4. The number of carbonyl (C=O) groups excluding carboxylic acids is 1. The lowest BCUT2D eigenvalue weighted by Crippen LogP contribution is -2.04. The summed E-state index contributed by atoms with van der Waals surface area (Å²) in [4.78, 5) is 26.5. The Labute approximate surface area is 143 Å². The Morgan fingerprint density at radius 3 is 2.83 bits per heavy atom. The standard InChI is InChI=1S/C16H10BrFN4O2/c1-24-16(23)8-5-10-11(6-9(8)18)20-15(19-10)12-4-7-2-3-13(17)22-14(7)21-12/h2-6H,1H3,(H,19,20)(H,21,22). The minimum absolute atomic E-state index is 0.148. The van der Waals surface area contributed by atoms with Crippen LogP contribution in [0.2, 0.25) is 0 Å². The number of aromatic amines is 2. The van der Waals surface area contributed by atoms with E-state index in [0.29, 0.717) is 28.2 Å². The zero-order chi connectivity index (χ0) is 16.8. The molecule has 0 radical (unpaired) electrons. The van der Waals surface area contributed by atoms with Gasteiger partial charge in [-0.3, -0.25) is 0 Å². The van der Waals surface area contributed by atoms with Crippen molar-refractivity contribution in [1.29, 1.82) is 0 Å². The predicted octanol–water partition coefficient (Wildman–Crippen LogP) is 3.79. The summed E-state index contributed by atoms with van der Waals surface area (Å²) in [6, 6.07) is 8.26. The molecule has 0 bridgehead atoms. The Morgan fingerprint density at radius 1 is 1.21 bits per heavy atom. The van der Waals surface area contributed by atoms with E-state index in [4.69, 9.17) is 0 Å². The maximum atomic E-state index is 14.0. The summed E-state index contributed by atoms with van der Waals surface area (Å²) in [5, 5.41) is 0.926. The van der Waals surface area contributed by atoms with Crippen molar-refractivity contribution in [3.63, 3.8) is 0 Å². The number of carbonyl (C=O) groups is 1. The number of aromatic nitrogens is 4. The third-order valence-corrected chi connectivity index (χ3v) is 4.12. The molecule has 0 aliphatic rings. The average Bonchev–Trinajstić information content (AvgIpc) is 3.15. The first kappa shape index (κ1) is 14.8. The van der Waals surface area contributed by atoms with Gasteiger partial charge in [0.25, 0.3) is 0 Å². The lowest BCUT2D eigenvalue weighted by Gasteiger charge is -2.00. The number of methoxy groups -OCH3 is 1. The fraction of sp³-hybridized carbons (Fsp3) is 0.0625. The SMILES string of the molecule is COC(=O)c1cc2nc(-c3cc4ccc(Br)nc4[nH]3)[nH]c2cc1F. The van der Waals surface area contributed by atoms with Gasteiger partial charge in [-0.2, -0.15) is 0 Å². The molecule has 0 aliphatic heterocycles. The number of pyridine rings is 1. The largest absolute Gasteiger partial charge is 0.465 e. The number of nitrogens with one attached hydrogen (secondary N) is 2. The maximum absolute atomic E-state index is 14.0. The highest BCUT2D eigenvalue weighted by Crippen LogP contribution is 2.26. The third kappa shape index (κ3) is 2.35. The fourth-order valence-corrected chi connectivity index (χ4v) is 2.84. The molecular formula is C16H10BrFN4O2. The zero-order valence-electron chi connectivity index (χ0n) is 12.4. The average molecular weight is 389 g/mol. The van der Waals surface area contributed by atoms with Gasteiger partial charge in [-0.1, -0.05) is 0 Å². The number of halogens is 2. The third-order valence-electron chi connectivity index (χ3n) is 3.68. The molecule has 0 fully saturated rings. The molecule has 1 aromatic carbocycles. The summed E-state index contributed by atoms with van der Waals surface area (Å²) in [6.45, 7) is 0. The van der Waals surface area contributed by atoms with Gasteiger partial charge in [-0.15, -0.1) is 0 Å². The number of ether oxygens (including phenoxy) is 1. The summed E-state index contributed by atoms with van der Waals surface area (Å²) in [7, 11) is 1.21. The Balaban J connectivity index is 1.85. The van der Waals surface area contributed by atoms with Gasteiger partial charge in [-0.25, -0.2) is 19.2 Å². The molecule has 24 heavy (non-hydrogen) atoms. The van der Waals surface area contributed by atoms with E-state index in [1.165, 1.54) is 19.2 Å². The molecule has 0 atom stereocenters. The second-order valence-corrected chi connectivity index (χ2v) is 5.99. The van der Waals surface area contributed by atoms with E-state index < -0.39 is 11.8 Å². The Morgan fingerprint density at radius 2 is 2.04 bits per heavy atom. The van der Waals surface area contributed by atoms with Crippen molar-refractivity contribution < 1.29 is 13.9 Å². The van der Waals surface area contributed by atoms with E-state index in [0.717, 1.165) is 9.99 Å². The van der Waals surface area contributed by atoms with Gasteiger partial charge in [0.05, 0.1) is 29.4 Å². The van der Waals surface area contributed by atoms with E-state index in [-0.39, 0.29) is 5.56 Å². The molecule has 2 N–H and O–H groups in total. The van der Waals surface area contributed by atoms with Crippen molar-refractivity contribution in [2.75, 3.05) is 7.11 Å². The number of imidazole rings is 1. The first-order valence-electron chi connectivity index (χ1n) is 6.98. The second-order valence-electron chi connectivity index (χ2n) is 5.18. The molecule has 0 spiro atoms. The molecule has 3 heterocycles. The van der Waals surface area contributed by atoms with E-state index in [2.05, 4.69) is 40.6 Å². The minimum atomic E-state index is -0.737. The molecule has 0 amide bonds. The highest BCUT2D eigenvalue weighted by atomic mass is 79.9. The summed E-state index contributed by atoms with van der Waals surface area (Å²) in [6.07, 6.45) is 0. The maximum Gasteiger partial charge on any atom is 0.340 e. The van der Waals surface area contributed by atoms with Crippen LogP contribution in [0.5, 0.6) is 0 Å². The molecule has 0 saturated carbocycles. The number of hydrogen-bond donors (Lipinski definition) is 2. The van der Waals surface area contributed by atoms with Gasteiger partial charge in [0, 0.05) is 11.5 Å². The van der Waals surface area contributed by atoms with Crippen LogP contribution in [0.25, 0.3) is 33.6 Å². The number of benzene rings is 1. The van der Waals surface area contributed by atoms with E-state index in [9.17, 15) is 9.18 Å². The van der Waals surface area contributed by atoms with Crippen LogP contribution in [-0.2, 0) is 4.74 Å². The van der Waals surface area contributed by atoms with Crippen molar-refractivity contribution in [2.24, 2.45) is 0 Å². The van der Waals surface area contributed by atoms with Gasteiger partial charge in [0.2, 0.25) is 0 Å². The Kier molecular flexibility index (Phi) is 3.34. The lowest BCUT2D eigenvalue weighted by atomic mass is 10.2. The molecular weight excluding hydrogens is 379 g/mol. The zero-order valence-corrected chi connectivity index (χ0v) is 13.9. The lowest BCUT2D eigenvalue weighted by molar-refractivity contribution is 0.0595. The van der Waals surface area contributed by atoms with Crippen LogP contribution in [0.3, 0.4) is 0 Å². The molecule has 8 heteroatoms. The van der Waals surface area contributed by atoms with Gasteiger partial charge in [0.1, 0.15) is 16.1 Å². The number of nitrogens with zero attached hydrogens (tertiary/aromatic N) is 2. The van der Waals surface area contributed by atoms with Crippen LogP contribution < -0.4 is 0 Å². The van der Waals surface area contributed by atoms with Crippen molar-refractivity contribution in [3.8, 4) is 11.5 Å². The molecule has 3 aromatic heterocycles. The Hall–Kier alpha value is -2.74. The second kappa shape index (κ2) is 5.41. The quantitative estimate of drug-likeness (QED) is 0.404. The number of H-pyrrole nitrogens is 2. The number of esters is 1. The van der Waals surface area contributed by atoms with E-state index in [1.807, 2.05) is 18.2 Å². The monoisotopic (exact) mass is 388 g/mol. The smallest absolute Gasteiger partial charge is 0.340 e. The molecule has 4 rings (SSSR count). The van der Waals surface area contributed by atoms with Gasteiger partial charge in [0.15, 0.2) is 5.82 Å². The van der Waals surface area contributed by atoms with Crippen LogP contribution in [-0.4, -0.2) is 33.0 Å². The first-order valence-corrected chi connectivity index (χ1v) is 7.77. The summed E-state index contributed by atoms with van der Waals surface area (Å²) in [5.74, 6) is -0.869. The number of fused-ring (bicyclic) bond motifs is 2. The van der Waals surface area contributed by atoms with Gasteiger partial charge >= 0.3 is 5.97 Å². The van der Waals surface area contributed by atoms with Crippen LogP contribution >= 0.6 is 15.9 Å². The van der Waals surface area contributed by atoms with Crippen LogP contribution in [0.1, 0.15) is 10.4 Å². The van der Waals surface area contributed by atoms with Crippen molar-refractivity contribution in [1.82, 2.24) is 19.9 Å². The van der Waals surface area contributed by atoms with Gasteiger partial charge in [-0.05, 0) is 40.2 Å². The van der Waals surface area contributed by atoms with Crippen LogP contribution in [0.15, 0.2) is 34.9 Å². The fourth-order valence-electron chi connectivity index (χ4n) is 2.53. The predicted molar refractivity (Wildman–Crippen MR) is 90.2 cm³/mol. The molecule has 0 aliphatic carbocycles. The summed E-state index contributed by atoms with van der Waals surface area (Å²) < 4.78 is 19.3. The van der Waals surface area contributed by atoms with Crippen molar-refractivity contribution >= 4 is 44.0 Å². The van der Waals surface area contributed by atoms with Crippen molar-refractivity contribution in [3.05, 3.63) is 46.3 Å². The highest BCUT2D eigenvalue weighted by molar-refractivity contribution is 9.10. The normalized spacial score (nSPS) is 11.3. The minimum Gasteiger partial charge on any atom is -0.465 e. The Bertz CT molecular complexity index is 1100. The highest BCUT2D eigenvalue weighted by Gasteiger charge is 2.16. The topological polar surface area (TPSA) is 83.7 Å². The summed E-state index contributed by atoms with van der Waals surface area (Å²) in [5.41, 5.74) is 2.24. The van der Waals surface area contributed by atoms with E-state index >= 15 is 0 Å². The molecule has 120 valence electrons. The van der Waals surface area contributed by atoms with E-state index in [1.54, 1.807) is 0 Å². The van der Waals surface area contributed by atoms with Crippen LogP contribution in [0, 0.1) is 5.82 Å². The summed E-state index contributed by atoms with van der Waals surface area (Å²) >= 11 is 3.32. The first-order chi connectivity index (χ1) is 11.5. The molecule has 0 saturated heterocycles.